The Labute approximate surface area is 150 Å². The number of nitrogens with one attached hydrogen (secondary N) is 2. The lowest BCUT2D eigenvalue weighted by Crippen LogP contribution is -2.48. The second-order valence-electron chi connectivity index (χ2n) is 5.31. The van der Waals surface area contributed by atoms with Crippen molar-refractivity contribution in [2.45, 2.75) is 18.9 Å². The number of thiophene rings is 1. The molecule has 0 aliphatic carbocycles. The van der Waals surface area contributed by atoms with Gasteiger partial charge in [-0.2, -0.15) is 0 Å². The third-order valence-corrected chi connectivity index (χ3v) is 4.37. The van der Waals surface area contributed by atoms with Crippen LogP contribution < -0.4 is 10.6 Å². The highest BCUT2D eigenvalue weighted by Crippen LogP contribution is 2.10. The highest BCUT2D eigenvalue weighted by Gasteiger charge is 2.22. The normalized spacial score (nSPS) is 11.4. The molecule has 1 aromatic heterocycles. The molecule has 0 fully saturated rings. The van der Waals surface area contributed by atoms with Crippen LogP contribution in [0, 0.1) is 0 Å². The van der Waals surface area contributed by atoms with Crippen molar-refractivity contribution >= 4 is 29.1 Å². The number of benzene rings is 1. The number of hydrogen-bond acceptors (Lipinski definition) is 5. The zero-order chi connectivity index (χ0) is 18.1. The largest absolute Gasteiger partial charge is 0.469 e. The maximum Gasteiger partial charge on any atom is 0.307 e. The van der Waals surface area contributed by atoms with E-state index in [1.54, 1.807) is 17.5 Å². The van der Waals surface area contributed by atoms with E-state index in [1.165, 1.54) is 18.4 Å². The Bertz CT molecular complexity index is 701. The van der Waals surface area contributed by atoms with Crippen LogP contribution in [0.4, 0.5) is 0 Å². The van der Waals surface area contributed by atoms with E-state index < -0.39 is 12.0 Å². The van der Waals surface area contributed by atoms with Crippen LogP contribution in [0.25, 0.3) is 0 Å². The van der Waals surface area contributed by atoms with Crippen molar-refractivity contribution in [2.24, 2.45) is 0 Å². The molecule has 1 aromatic carbocycles. The Morgan fingerprint density at radius 3 is 2.52 bits per heavy atom. The fraction of sp³-hybridized carbons (Fsp3) is 0.278. The van der Waals surface area contributed by atoms with E-state index in [0.29, 0.717) is 11.3 Å². The summed E-state index contributed by atoms with van der Waals surface area (Å²) in [7, 11) is 1.30. The van der Waals surface area contributed by atoms with Crippen LogP contribution >= 0.6 is 11.3 Å². The molecule has 2 amide bonds. The summed E-state index contributed by atoms with van der Waals surface area (Å²) in [5, 5.41) is 7.23. The third kappa shape index (κ3) is 6.04. The zero-order valence-electron chi connectivity index (χ0n) is 13.9. The van der Waals surface area contributed by atoms with Gasteiger partial charge in [0.15, 0.2) is 0 Å². The van der Waals surface area contributed by atoms with Crippen molar-refractivity contribution in [2.75, 3.05) is 13.7 Å². The molecule has 0 bridgehead atoms. The van der Waals surface area contributed by atoms with Crippen LogP contribution in [0.5, 0.6) is 0 Å². The molecule has 0 aliphatic rings. The molecule has 1 heterocycles. The lowest BCUT2D eigenvalue weighted by Gasteiger charge is -2.18. The first-order valence-electron chi connectivity index (χ1n) is 7.83. The second kappa shape index (κ2) is 9.58. The van der Waals surface area contributed by atoms with Crippen LogP contribution in [-0.4, -0.2) is 37.5 Å². The van der Waals surface area contributed by atoms with Gasteiger partial charge >= 0.3 is 5.97 Å². The average molecular weight is 360 g/mol. The molecular formula is C18H20N2O4S. The standard InChI is InChI=1S/C18H20N2O4S/c1-24-16(21)9-10-19-17(22)14(12-13-6-3-2-4-7-13)20-18(23)15-8-5-11-25-15/h2-8,11,14H,9-10,12H2,1H3,(H,19,22)(H,20,23)/t14-/m1/s1. The number of methoxy groups -OCH3 is 1. The zero-order valence-corrected chi connectivity index (χ0v) is 14.7. The summed E-state index contributed by atoms with van der Waals surface area (Å²) in [6.45, 7) is 0.158. The van der Waals surface area contributed by atoms with Gasteiger partial charge in [-0.3, -0.25) is 14.4 Å². The lowest BCUT2D eigenvalue weighted by molar-refractivity contribution is -0.140. The van der Waals surface area contributed by atoms with Crippen LogP contribution in [0.15, 0.2) is 47.8 Å². The highest BCUT2D eigenvalue weighted by atomic mass is 32.1. The van der Waals surface area contributed by atoms with E-state index in [4.69, 9.17) is 0 Å². The molecule has 25 heavy (non-hydrogen) atoms. The molecule has 0 radical (unpaired) electrons. The van der Waals surface area contributed by atoms with Gasteiger partial charge in [-0.25, -0.2) is 0 Å². The smallest absolute Gasteiger partial charge is 0.307 e. The van der Waals surface area contributed by atoms with Gasteiger partial charge in [-0.1, -0.05) is 36.4 Å². The fourth-order valence-corrected chi connectivity index (χ4v) is 2.84. The van der Waals surface area contributed by atoms with E-state index >= 15 is 0 Å². The Morgan fingerprint density at radius 1 is 1.12 bits per heavy atom. The summed E-state index contributed by atoms with van der Waals surface area (Å²) in [5.41, 5.74) is 0.932. The van der Waals surface area contributed by atoms with E-state index in [1.807, 2.05) is 30.3 Å². The maximum absolute atomic E-state index is 12.4. The van der Waals surface area contributed by atoms with Crippen molar-refractivity contribution < 1.29 is 19.1 Å². The predicted molar refractivity (Wildman–Crippen MR) is 95.4 cm³/mol. The Morgan fingerprint density at radius 2 is 1.88 bits per heavy atom. The molecule has 2 aromatic rings. The van der Waals surface area contributed by atoms with Crippen molar-refractivity contribution in [3.8, 4) is 0 Å². The Hall–Kier alpha value is -2.67. The van der Waals surface area contributed by atoms with Crippen LogP contribution in [0.3, 0.4) is 0 Å². The SMILES string of the molecule is COC(=O)CCNC(=O)[C@@H](Cc1ccccc1)NC(=O)c1cccs1. The van der Waals surface area contributed by atoms with Gasteiger partial charge in [0.05, 0.1) is 18.4 Å². The summed E-state index contributed by atoms with van der Waals surface area (Å²) in [6, 6.07) is 12.2. The van der Waals surface area contributed by atoms with Crippen molar-refractivity contribution in [3.05, 3.63) is 58.3 Å². The third-order valence-electron chi connectivity index (χ3n) is 3.51. The number of carbonyl (C=O) groups excluding carboxylic acids is 3. The molecule has 0 unspecified atom stereocenters. The summed E-state index contributed by atoms with van der Waals surface area (Å²) in [6.07, 6.45) is 0.446. The van der Waals surface area contributed by atoms with Gasteiger partial charge < -0.3 is 15.4 Å². The highest BCUT2D eigenvalue weighted by molar-refractivity contribution is 7.12. The summed E-state index contributed by atoms with van der Waals surface area (Å²) < 4.78 is 4.54. The van der Waals surface area contributed by atoms with E-state index in [0.717, 1.165) is 5.56 Å². The molecule has 132 valence electrons. The van der Waals surface area contributed by atoms with E-state index in [-0.39, 0.29) is 24.8 Å². The first-order chi connectivity index (χ1) is 12.1. The minimum absolute atomic E-state index is 0.0825. The van der Waals surface area contributed by atoms with Gasteiger partial charge in [-0.05, 0) is 17.0 Å². The van der Waals surface area contributed by atoms with Gasteiger partial charge in [0.1, 0.15) is 6.04 Å². The number of carbonyl (C=O) groups is 3. The van der Waals surface area contributed by atoms with Crippen molar-refractivity contribution in [3.63, 3.8) is 0 Å². The number of ether oxygens (including phenoxy) is 1. The Balaban J connectivity index is 2.01. The lowest BCUT2D eigenvalue weighted by atomic mass is 10.1. The van der Waals surface area contributed by atoms with Crippen LogP contribution in [-0.2, 0) is 20.7 Å². The fourth-order valence-electron chi connectivity index (χ4n) is 2.21. The van der Waals surface area contributed by atoms with Gasteiger partial charge in [0, 0.05) is 13.0 Å². The topological polar surface area (TPSA) is 84.5 Å². The van der Waals surface area contributed by atoms with Gasteiger partial charge in [0.25, 0.3) is 5.91 Å². The minimum atomic E-state index is -0.727. The van der Waals surface area contributed by atoms with Crippen molar-refractivity contribution in [1.29, 1.82) is 0 Å². The molecule has 2 N–H and O–H groups in total. The molecule has 0 spiro atoms. The molecule has 0 aliphatic heterocycles. The number of amides is 2. The molecule has 0 saturated heterocycles. The quantitative estimate of drug-likeness (QED) is 0.703. The molecule has 7 heteroatoms. The summed E-state index contributed by atoms with van der Waals surface area (Å²) in [5.74, 6) is -1.03. The van der Waals surface area contributed by atoms with Crippen molar-refractivity contribution in [1.82, 2.24) is 10.6 Å². The van der Waals surface area contributed by atoms with Crippen LogP contribution in [0.2, 0.25) is 0 Å². The van der Waals surface area contributed by atoms with Gasteiger partial charge in [0.2, 0.25) is 5.91 Å². The van der Waals surface area contributed by atoms with Gasteiger partial charge in [-0.15, -0.1) is 11.3 Å². The van der Waals surface area contributed by atoms with E-state index in [2.05, 4.69) is 15.4 Å². The summed E-state index contributed by atoms with van der Waals surface area (Å²) in [4.78, 5) is 36.4. The number of hydrogen-bond donors (Lipinski definition) is 2. The van der Waals surface area contributed by atoms with Crippen LogP contribution in [0.1, 0.15) is 21.7 Å². The first-order valence-corrected chi connectivity index (χ1v) is 8.71. The second-order valence-corrected chi connectivity index (χ2v) is 6.26. The minimum Gasteiger partial charge on any atom is -0.469 e. The maximum atomic E-state index is 12.4. The number of rotatable bonds is 8. The number of esters is 1. The Kier molecular flexibility index (Phi) is 7.16. The predicted octanol–water partition coefficient (Wildman–Crippen LogP) is 1.77. The molecule has 0 saturated carbocycles. The first kappa shape index (κ1) is 18.7. The summed E-state index contributed by atoms with van der Waals surface area (Å²) >= 11 is 1.31. The average Bonchev–Trinajstić information content (AvgIpc) is 3.16. The molecule has 6 nitrogen and oxygen atoms in total. The molecule has 2 rings (SSSR count). The van der Waals surface area contributed by atoms with E-state index in [9.17, 15) is 14.4 Å². The molecule has 1 atom stereocenters. The monoisotopic (exact) mass is 360 g/mol. The molecular weight excluding hydrogens is 340 g/mol.